The minimum Gasteiger partial charge on any atom is -0.303 e. The van der Waals surface area contributed by atoms with E-state index in [1.165, 1.54) is 17.7 Å². The highest BCUT2D eigenvalue weighted by molar-refractivity contribution is 7.08. The zero-order chi connectivity index (χ0) is 10.8. The van der Waals surface area contributed by atoms with Gasteiger partial charge < -0.3 is 4.57 Å². The average molecular weight is 222 g/mol. The minimum absolute atomic E-state index is 0.148. The van der Waals surface area contributed by atoms with E-state index in [2.05, 4.69) is 15.5 Å². The number of rotatable bonds is 2. The van der Waals surface area contributed by atoms with Crippen molar-refractivity contribution < 1.29 is 4.79 Å². The maximum absolute atomic E-state index is 11.8. The molecule has 0 fully saturated rings. The maximum atomic E-state index is 11.8. The number of carbonyl (C=O) groups excluding carboxylic acids is 1. The molecule has 0 unspecified atom stereocenters. The Morgan fingerprint density at radius 2 is 2.33 bits per heavy atom. The van der Waals surface area contributed by atoms with Gasteiger partial charge in [0.1, 0.15) is 6.33 Å². The van der Waals surface area contributed by atoms with Crippen LogP contribution in [0.5, 0.6) is 0 Å². The van der Waals surface area contributed by atoms with Crippen LogP contribution in [0, 0.1) is 6.92 Å². The Balaban J connectivity index is 2.18. The molecule has 2 aromatic heterocycles. The van der Waals surface area contributed by atoms with Gasteiger partial charge in [-0.25, -0.2) is 0 Å². The topological polar surface area (TPSA) is 59.8 Å². The van der Waals surface area contributed by atoms with Crippen molar-refractivity contribution >= 4 is 23.2 Å². The number of thiophene rings is 1. The van der Waals surface area contributed by atoms with Crippen LogP contribution < -0.4 is 5.32 Å². The number of hydrogen-bond acceptors (Lipinski definition) is 4. The van der Waals surface area contributed by atoms with Crippen molar-refractivity contribution in [1.29, 1.82) is 0 Å². The van der Waals surface area contributed by atoms with E-state index in [-0.39, 0.29) is 5.91 Å². The van der Waals surface area contributed by atoms with Gasteiger partial charge in [0.05, 0.1) is 5.56 Å². The third-order valence-corrected chi connectivity index (χ3v) is 2.90. The molecule has 2 aromatic rings. The molecule has 0 saturated heterocycles. The molecule has 0 aliphatic rings. The van der Waals surface area contributed by atoms with Crippen LogP contribution in [0.25, 0.3) is 0 Å². The smallest absolute Gasteiger partial charge is 0.259 e. The molecule has 0 bridgehead atoms. The summed E-state index contributed by atoms with van der Waals surface area (Å²) in [5.74, 6) is 0.301. The summed E-state index contributed by atoms with van der Waals surface area (Å²) in [6.07, 6.45) is 1.54. The first-order chi connectivity index (χ1) is 7.18. The van der Waals surface area contributed by atoms with Gasteiger partial charge in [0.15, 0.2) is 0 Å². The lowest BCUT2D eigenvalue weighted by Gasteiger charge is -2.02. The molecule has 0 saturated carbocycles. The van der Waals surface area contributed by atoms with Crippen LogP contribution in [0.2, 0.25) is 0 Å². The van der Waals surface area contributed by atoms with E-state index in [4.69, 9.17) is 0 Å². The number of hydrogen-bond donors (Lipinski definition) is 1. The summed E-state index contributed by atoms with van der Waals surface area (Å²) in [4.78, 5) is 11.8. The Hall–Kier alpha value is -1.69. The second-order valence-corrected chi connectivity index (χ2v) is 3.93. The van der Waals surface area contributed by atoms with Crippen molar-refractivity contribution in [3.63, 3.8) is 0 Å². The molecule has 2 rings (SSSR count). The number of nitrogens with one attached hydrogen (secondary N) is 1. The number of aromatic nitrogens is 3. The fourth-order valence-electron chi connectivity index (χ4n) is 1.16. The SMILES string of the molecule is Cc1cscc1C(=O)Nc1nncn1C. The van der Waals surface area contributed by atoms with Crippen molar-refractivity contribution in [2.75, 3.05) is 5.32 Å². The zero-order valence-electron chi connectivity index (χ0n) is 8.39. The van der Waals surface area contributed by atoms with Crippen molar-refractivity contribution in [1.82, 2.24) is 14.8 Å². The Labute approximate surface area is 90.8 Å². The standard InChI is InChI=1S/C9H10N4OS/c1-6-3-15-4-7(6)8(14)11-9-12-10-5-13(9)2/h3-5H,1-2H3,(H,11,12,14). The monoisotopic (exact) mass is 222 g/mol. The summed E-state index contributed by atoms with van der Waals surface area (Å²) < 4.78 is 1.65. The van der Waals surface area contributed by atoms with Gasteiger partial charge in [0.2, 0.25) is 5.95 Å². The average Bonchev–Trinajstić information content (AvgIpc) is 2.76. The van der Waals surface area contributed by atoms with Gasteiger partial charge in [-0.15, -0.1) is 10.2 Å². The second kappa shape index (κ2) is 3.82. The molecule has 1 amide bonds. The van der Waals surface area contributed by atoms with E-state index in [0.717, 1.165) is 5.56 Å². The molecule has 0 aliphatic carbocycles. The quantitative estimate of drug-likeness (QED) is 0.836. The number of aryl methyl sites for hydroxylation is 2. The fraction of sp³-hybridized carbons (Fsp3) is 0.222. The van der Waals surface area contributed by atoms with Crippen molar-refractivity contribution in [3.8, 4) is 0 Å². The second-order valence-electron chi connectivity index (χ2n) is 3.19. The van der Waals surface area contributed by atoms with Crippen LogP contribution in [0.15, 0.2) is 17.1 Å². The zero-order valence-corrected chi connectivity index (χ0v) is 9.21. The third kappa shape index (κ3) is 1.89. The highest BCUT2D eigenvalue weighted by Crippen LogP contribution is 2.14. The van der Waals surface area contributed by atoms with Crippen LogP contribution in [0.3, 0.4) is 0 Å². The molecular weight excluding hydrogens is 212 g/mol. The highest BCUT2D eigenvalue weighted by atomic mass is 32.1. The molecule has 0 spiro atoms. The molecule has 15 heavy (non-hydrogen) atoms. The molecule has 2 heterocycles. The molecule has 0 aliphatic heterocycles. The van der Waals surface area contributed by atoms with Gasteiger partial charge in [-0.2, -0.15) is 11.3 Å². The van der Waals surface area contributed by atoms with E-state index in [9.17, 15) is 4.79 Å². The van der Waals surface area contributed by atoms with Crippen molar-refractivity contribution in [2.24, 2.45) is 7.05 Å². The number of anilines is 1. The predicted octanol–water partition coefficient (Wildman–Crippen LogP) is 1.44. The van der Waals surface area contributed by atoms with E-state index >= 15 is 0 Å². The van der Waals surface area contributed by atoms with Crippen LogP contribution in [-0.4, -0.2) is 20.7 Å². The van der Waals surface area contributed by atoms with Gasteiger partial charge in [-0.1, -0.05) is 0 Å². The molecule has 5 nitrogen and oxygen atoms in total. The lowest BCUT2D eigenvalue weighted by Crippen LogP contribution is -2.15. The number of nitrogens with zero attached hydrogens (tertiary/aromatic N) is 3. The minimum atomic E-state index is -0.148. The summed E-state index contributed by atoms with van der Waals surface area (Å²) in [6.45, 7) is 1.90. The summed E-state index contributed by atoms with van der Waals surface area (Å²) in [7, 11) is 1.77. The predicted molar refractivity (Wildman–Crippen MR) is 58.0 cm³/mol. The molecule has 1 N–H and O–H groups in total. The fourth-order valence-corrected chi connectivity index (χ4v) is 1.99. The first-order valence-electron chi connectivity index (χ1n) is 4.36. The summed E-state index contributed by atoms with van der Waals surface area (Å²) in [5.41, 5.74) is 1.66. The van der Waals surface area contributed by atoms with E-state index < -0.39 is 0 Å². The molecule has 0 radical (unpaired) electrons. The Morgan fingerprint density at radius 3 is 2.87 bits per heavy atom. The van der Waals surface area contributed by atoms with Crippen LogP contribution >= 0.6 is 11.3 Å². The normalized spacial score (nSPS) is 10.3. The van der Waals surface area contributed by atoms with Crippen LogP contribution in [0.1, 0.15) is 15.9 Å². The largest absolute Gasteiger partial charge is 0.303 e. The van der Waals surface area contributed by atoms with Gasteiger partial charge in [0.25, 0.3) is 5.91 Å². The lowest BCUT2D eigenvalue weighted by molar-refractivity contribution is 0.102. The maximum Gasteiger partial charge on any atom is 0.259 e. The van der Waals surface area contributed by atoms with Gasteiger partial charge in [-0.05, 0) is 17.9 Å². The van der Waals surface area contributed by atoms with Crippen LogP contribution in [-0.2, 0) is 7.05 Å². The first kappa shape index (κ1) is 9.85. The highest BCUT2D eigenvalue weighted by Gasteiger charge is 2.12. The van der Waals surface area contributed by atoms with E-state index in [1.807, 2.05) is 17.7 Å². The van der Waals surface area contributed by atoms with E-state index in [0.29, 0.717) is 11.5 Å². The van der Waals surface area contributed by atoms with E-state index in [1.54, 1.807) is 11.6 Å². The molecule has 0 atom stereocenters. The third-order valence-electron chi connectivity index (χ3n) is 2.04. The summed E-state index contributed by atoms with van der Waals surface area (Å²) in [6, 6.07) is 0. The Morgan fingerprint density at radius 1 is 1.53 bits per heavy atom. The molecular formula is C9H10N4OS. The van der Waals surface area contributed by atoms with Gasteiger partial charge in [-0.3, -0.25) is 10.1 Å². The van der Waals surface area contributed by atoms with Crippen molar-refractivity contribution in [3.05, 3.63) is 28.2 Å². The summed E-state index contributed by atoms with van der Waals surface area (Å²) in [5, 5.41) is 13.9. The van der Waals surface area contributed by atoms with Gasteiger partial charge >= 0.3 is 0 Å². The Kier molecular flexibility index (Phi) is 2.51. The lowest BCUT2D eigenvalue weighted by atomic mass is 10.2. The Bertz CT molecular complexity index is 488. The van der Waals surface area contributed by atoms with Crippen LogP contribution in [0.4, 0.5) is 5.95 Å². The molecule has 78 valence electrons. The summed E-state index contributed by atoms with van der Waals surface area (Å²) >= 11 is 1.51. The number of amides is 1. The molecule has 6 heteroatoms. The molecule has 0 aromatic carbocycles. The van der Waals surface area contributed by atoms with Crippen molar-refractivity contribution in [2.45, 2.75) is 6.92 Å². The number of carbonyl (C=O) groups is 1. The first-order valence-corrected chi connectivity index (χ1v) is 5.31. The van der Waals surface area contributed by atoms with Gasteiger partial charge in [0, 0.05) is 12.4 Å².